The van der Waals surface area contributed by atoms with Crippen molar-refractivity contribution in [2.45, 2.75) is 40.5 Å². The minimum absolute atomic E-state index is 0.130. The number of rotatable bonds is 8. The lowest BCUT2D eigenvalue weighted by atomic mass is 10.0. The van der Waals surface area contributed by atoms with Crippen LogP contribution in [-0.4, -0.2) is 38.6 Å². The van der Waals surface area contributed by atoms with Crippen molar-refractivity contribution in [1.82, 2.24) is 4.90 Å². The lowest BCUT2D eigenvalue weighted by molar-refractivity contribution is 0.0736. The van der Waals surface area contributed by atoms with Crippen molar-refractivity contribution < 1.29 is 13.2 Å². The SMILES string of the molecule is CCC(CC)CN(CC)C(=O)c1cc(C)ccc1NS(C)(=O)=O. The van der Waals surface area contributed by atoms with Crippen molar-refractivity contribution >= 4 is 21.6 Å². The van der Waals surface area contributed by atoms with Crippen LogP contribution in [0.25, 0.3) is 0 Å². The molecule has 0 aliphatic rings. The molecule has 1 aromatic carbocycles. The number of nitrogens with one attached hydrogen (secondary N) is 1. The number of hydrogen-bond acceptors (Lipinski definition) is 3. The lowest BCUT2D eigenvalue weighted by Crippen LogP contribution is -2.35. The summed E-state index contributed by atoms with van der Waals surface area (Å²) < 4.78 is 25.5. The van der Waals surface area contributed by atoms with Crippen LogP contribution in [-0.2, 0) is 10.0 Å². The Balaban J connectivity index is 3.15. The first-order valence-corrected chi connectivity index (χ1v) is 9.98. The van der Waals surface area contributed by atoms with E-state index in [2.05, 4.69) is 18.6 Å². The summed E-state index contributed by atoms with van der Waals surface area (Å²) in [6.45, 7) is 9.36. The summed E-state index contributed by atoms with van der Waals surface area (Å²) in [4.78, 5) is 14.7. The van der Waals surface area contributed by atoms with Gasteiger partial charge in [-0.2, -0.15) is 0 Å². The van der Waals surface area contributed by atoms with Crippen LogP contribution in [0.2, 0.25) is 0 Å². The number of benzene rings is 1. The monoisotopic (exact) mass is 340 g/mol. The summed E-state index contributed by atoms with van der Waals surface area (Å²) in [5, 5.41) is 0. The molecule has 0 saturated carbocycles. The first kappa shape index (κ1) is 19.5. The van der Waals surface area contributed by atoms with Gasteiger partial charge in [0.05, 0.1) is 17.5 Å². The highest BCUT2D eigenvalue weighted by atomic mass is 32.2. The van der Waals surface area contributed by atoms with Crippen LogP contribution >= 0.6 is 0 Å². The maximum atomic E-state index is 12.9. The van der Waals surface area contributed by atoms with Crippen molar-refractivity contribution in [2.24, 2.45) is 5.92 Å². The minimum Gasteiger partial charge on any atom is -0.339 e. The average Bonchev–Trinajstić information content (AvgIpc) is 2.48. The maximum Gasteiger partial charge on any atom is 0.255 e. The van der Waals surface area contributed by atoms with Gasteiger partial charge in [-0.25, -0.2) is 8.42 Å². The van der Waals surface area contributed by atoms with Crippen LogP contribution in [0, 0.1) is 12.8 Å². The Morgan fingerprint density at radius 2 is 1.83 bits per heavy atom. The van der Waals surface area contributed by atoms with Gasteiger partial charge in [-0.05, 0) is 31.9 Å². The van der Waals surface area contributed by atoms with Gasteiger partial charge in [0.15, 0.2) is 0 Å². The molecule has 1 amide bonds. The molecular weight excluding hydrogens is 312 g/mol. The molecule has 0 aromatic heterocycles. The Morgan fingerprint density at radius 3 is 2.30 bits per heavy atom. The maximum absolute atomic E-state index is 12.9. The van der Waals surface area contributed by atoms with Gasteiger partial charge in [-0.3, -0.25) is 9.52 Å². The van der Waals surface area contributed by atoms with E-state index < -0.39 is 10.0 Å². The molecule has 5 nitrogen and oxygen atoms in total. The quantitative estimate of drug-likeness (QED) is 0.790. The van der Waals surface area contributed by atoms with E-state index in [0.29, 0.717) is 30.3 Å². The Kier molecular flexibility index (Phi) is 7.06. The highest BCUT2D eigenvalue weighted by molar-refractivity contribution is 7.92. The molecule has 1 aromatic rings. The van der Waals surface area contributed by atoms with E-state index in [1.165, 1.54) is 0 Å². The minimum atomic E-state index is -3.43. The molecule has 0 fully saturated rings. The molecule has 1 N–H and O–H groups in total. The van der Waals surface area contributed by atoms with Gasteiger partial charge >= 0.3 is 0 Å². The molecule has 0 bridgehead atoms. The van der Waals surface area contributed by atoms with Crippen molar-refractivity contribution in [3.63, 3.8) is 0 Å². The van der Waals surface area contributed by atoms with Crippen LogP contribution in [0.3, 0.4) is 0 Å². The molecule has 0 unspecified atom stereocenters. The number of nitrogens with zero attached hydrogens (tertiary/aromatic N) is 1. The highest BCUT2D eigenvalue weighted by Gasteiger charge is 2.21. The third-order valence-electron chi connectivity index (χ3n) is 4.00. The number of carbonyl (C=O) groups is 1. The van der Waals surface area contributed by atoms with Gasteiger partial charge in [-0.15, -0.1) is 0 Å². The van der Waals surface area contributed by atoms with Crippen LogP contribution < -0.4 is 4.72 Å². The van der Waals surface area contributed by atoms with Crippen molar-refractivity contribution in [1.29, 1.82) is 0 Å². The predicted octanol–water partition coefficient (Wildman–Crippen LogP) is 3.26. The Bertz CT molecular complexity index is 637. The van der Waals surface area contributed by atoms with Gasteiger partial charge in [0.1, 0.15) is 0 Å². The first-order valence-electron chi connectivity index (χ1n) is 8.09. The van der Waals surface area contributed by atoms with E-state index >= 15 is 0 Å². The summed E-state index contributed by atoms with van der Waals surface area (Å²) in [6, 6.07) is 5.18. The van der Waals surface area contributed by atoms with Gasteiger partial charge in [-0.1, -0.05) is 38.3 Å². The largest absolute Gasteiger partial charge is 0.339 e. The van der Waals surface area contributed by atoms with Crippen LogP contribution in [0.4, 0.5) is 5.69 Å². The topological polar surface area (TPSA) is 66.5 Å². The zero-order chi connectivity index (χ0) is 17.6. The first-order chi connectivity index (χ1) is 10.7. The fraction of sp³-hybridized carbons (Fsp3) is 0.588. The second kappa shape index (κ2) is 8.34. The standard InChI is InChI=1S/C17H28N2O3S/c1-6-14(7-2)12-19(8-3)17(20)15-11-13(4)9-10-16(15)18-23(5,21)22/h9-11,14,18H,6-8,12H2,1-5H3. The fourth-order valence-electron chi connectivity index (χ4n) is 2.51. The molecule has 0 aliphatic heterocycles. The predicted molar refractivity (Wildman–Crippen MR) is 95.3 cm³/mol. The number of anilines is 1. The summed E-state index contributed by atoms with van der Waals surface area (Å²) in [5.41, 5.74) is 1.67. The smallest absolute Gasteiger partial charge is 0.255 e. The van der Waals surface area contributed by atoms with Crippen LogP contribution in [0.1, 0.15) is 49.5 Å². The van der Waals surface area contributed by atoms with Crippen molar-refractivity contribution in [2.75, 3.05) is 24.1 Å². The Hall–Kier alpha value is -1.56. The number of hydrogen-bond donors (Lipinski definition) is 1. The second-order valence-corrected chi connectivity index (χ2v) is 7.70. The Morgan fingerprint density at radius 1 is 1.22 bits per heavy atom. The molecular formula is C17H28N2O3S. The third kappa shape index (κ3) is 5.86. The summed E-state index contributed by atoms with van der Waals surface area (Å²) in [7, 11) is -3.43. The molecule has 0 saturated heterocycles. The van der Waals surface area contributed by atoms with Crippen LogP contribution in [0.5, 0.6) is 0 Å². The molecule has 23 heavy (non-hydrogen) atoms. The summed E-state index contributed by atoms with van der Waals surface area (Å²) >= 11 is 0. The zero-order valence-electron chi connectivity index (χ0n) is 14.7. The van der Waals surface area contributed by atoms with E-state index in [-0.39, 0.29) is 5.91 Å². The molecule has 0 spiro atoms. The van der Waals surface area contributed by atoms with Gasteiger partial charge in [0.2, 0.25) is 10.0 Å². The van der Waals surface area contributed by atoms with E-state index in [1.807, 2.05) is 13.8 Å². The van der Waals surface area contributed by atoms with Crippen molar-refractivity contribution in [3.05, 3.63) is 29.3 Å². The summed E-state index contributed by atoms with van der Waals surface area (Å²) in [6.07, 6.45) is 3.12. The number of amides is 1. The van der Waals surface area contributed by atoms with E-state index in [0.717, 1.165) is 24.7 Å². The van der Waals surface area contributed by atoms with Gasteiger partial charge in [0, 0.05) is 13.1 Å². The van der Waals surface area contributed by atoms with Crippen molar-refractivity contribution in [3.8, 4) is 0 Å². The normalized spacial score (nSPS) is 11.6. The molecule has 0 heterocycles. The fourth-order valence-corrected chi connectivity index (χ4v) is 3.09. The van der Waals surface area contributed by atoms with E-state index in [1.54, 1.807) is 23.1 Å². The molecule has 1 rings (SSSR count). The third-order valence-corrected chi connectivity index (χ3v) is 4.59. The molecule has 0 aliphatic carbocycles. The van der Waals surface area contributed by atoms with E-state index in [9.17, 15) is 13.2 Å². The molecule has 6 heteroatoms. The van der Waals surface area contributed by atoms with Gasteiger partial charge < -0.3 is 4.90 Å². The number of aryl methyl sites for hydroxylation is 1. The van der Waals surface area contributed by atoms with Crippen LogP contribution in [0.15, 0.2) is 18.2 Å². The lowest BCUT2D eigenvalue weighted by Gasteiger charge is -2.26. The second-order valence-electron chi connectivity index (χ2n) is 5.95. The van der Waals surface area contributed by atoms with Gasteiger partial charge in [0.25, 0.3) is 5.91 Å². The molecule has 130 valence electrons. The summed E-state index contributed by atoms with van der Waals surface area (Å²) in [5.74, 6) is 0.323. The molecule has 0 radical (unpaired) electrons. The van der Waals surface area contributed by atoms with E-state index in [4.69, 9.17) is 0 Å². The number of sulfonamides is 1. The average molecular weight is 340 g/mol. The Labute approximate surface area is 140 Å². The highest BCUT2D eigenvalue weighted by Crippen LogP contribution is 2.22. The number of carbonyl (C=O) groups excluding carboxylic acids is 1. The zero-order valence-corrected chi connectivity index (χ0v) is 15.5. The molecule has 0 atom stereocenters.